The van der Waals surface area contributed by atoms with Gasteiger partial charge in [-0.1, -0.05) is 60.1 Å². The predicted molar refractivity (Wildman–Crippen MR) is 124 cm³/mol. The van der Waals surface area contributed by atoms with Crippen molar-refractivity contribution in [1.29, 1.82) is 0 Å². The Hall–Kier alpha value is -2.37. The second-order valence-corrected chi connectivity index (χ2v) is 7.40. The number of aliphatic hydroxyl groups is 1. The van der Waals surface area contributed by atoms with E-state index < -0.39 is 12.1 Å². The van der Waals surface area contributed by atoms with Gasteiger partial charge in [-0.05, 0) is 65.9 Å². The predicted octanol–water partition coefficient (Wildman–Crippen LogP) is 5.38. The van der Waals surface area contributed by atoms with Crippen LogP contribution in [0.25, 0.3) is 11.1 Å². The maximum absolute atomic E-state index is 11.1. The first kappa shape index (κ1) is 23.9. The fraction of sp³-hybridized carbons (Fsp3) is 0.208. The first-order valence-corrected chi connectivity index (χ1v) is 9.97. The van der Waals surface area contributed by atoms with E-state index in [1.807, 2.05) is 30.3 Å². The van der Waals surface area contributed by atoms with E-state index in [1.54, 1.807) is 30.3 Å². The summed E-state index contributed by atoms with van der Waals surface area (Å²) >= 11 is 5.95. The molecule has 30 heavy (non-hydrogen) atoms. The van der Waals surface area contributed by atoms with Crippen LogP contribution >= 0.6 is 24.0 Å². The van der Waals surface area contributed by atoms with Crippen molar-refractivity contribution in [2.24, 2.45) is 0 Å². The summed E-state index contributed by atoms with van der Waals surface area (Å²) < 4.78 is 0. The number of nitrogens with one attached hydrogen (secondary N) is 1. The molecule has 4 nitrogen and oxygen atoms in total. The highest BCUT2D eigenvalue weighted by molar-refractivity contribution is 6.30. The van der Waals surface area contributed by atoms with Crippen LogP contribution in [0.2, 0.25) is 5.02 Å². The zero-order valence-corrected chi connectivity index (χ0v) is 18.0. The van der Waals surface area contributed by atoms with Crippen molar-refractivity contribution in [1.82, 2.24) is 5.32 Å². The number of aryl methyl sites for hydroxylation is 1. The van der Waals surface area contributed by atoms with E-state index in [-0.39, 0.29) is 18.0 Å². The molecule has 158 valence electrons. The molecule has 0 radical (unpaired) electrons. The zero-order chi connectivity index (χ0) is 20.6. The molecular formula is C24H25Cl2NO3. The number of halogens is 2. The fourth-order valence-electron chi connectivity index (χ4n) is 3.18. The highest BCUT2D eigenvalue weighted by Gasteiger charge is 2.07. The molecule has 0 saturated heterocycles. The normalized spacial score (nSPS) is 11.5. The lowest BCUT2D eigenvalue weighted by atomic mass is 10.0. The van der Waals surface area contributed by atoms with Crippen molar-refractivity contribution < 1.29 is 15.0 Å². The molecule has 0 aliphatic heterocycles. The van der Waals surface area contributed by atoms with Crippen LogP contribution in [0.1, 0.15) is 34.0 Å². The molecule has 3 N–H and O–H groups in total. The lowest BCUT2D eigenvalue weighted by Crippen LogP contribution is -2.22. The second kappa shape index (κ2) is 11.7. The fourth-order valence-corrected chi connectivity index (χ4v) is 3.38. The van der Waals surface area contributed by atoms with Crippen molar-refractivity contribution in [3.63, 3.8) is 0 Å². The number of hydrogen-bond acceptors (Lipinski definition) is 3. The molecule has 0 saturated carbocycles. The molecule has 3 aromatic rings. The van der Waals surface area contributed by atoms with E-state index in [0.717, 1.165) is 36.1 Å². The minimum atomic E-state index is -0.920. The van der Waals surface area contributed by atoms with E-state index in [2.05, 4.69) is 17.4 Å². The smallest absolute Gasteiger partial charge is 0.335 e. The van der Waals surface area contributed by atoms with E-state index in [0.29, 0.717) is 11.6 Å². The number of aromatic carboxylic acids is 1. The molecule has 0 heterocycles. The SMILES string of the molecule is Cl.O=C(O)c1cccc(-c2ccc(CCCNC[C@H](O)c3cccc(Cl)c3)cc2)c1. The quantitative estimate of drug-likeness (QED) is 0.386. The van der Waals surface area contributed by atoms with Gasteiger partial charge in [-0.2, -0.15) is 0 Å². The summed E-state index contributed by atoms with van der Waals surface area (Å²) in [4.78, 5) is 11.1. The number of rotatable bonds is 9. The molecule has 0 bridgehead atoms. The highest BCUT2D eigenvalue weighted by Crippen LogP contribution is 2.21. The van der Waals surface area contributed by atoms with Gasteiger partial charge in [0, 0.05) is 11.6 Å². The molecule has 0 aliphatic rings. The average Bonchev–Trinajstić information content (AvgIpc) is 2.74. The number of aliphatic hydroxyl groups excluding tert-OH is 1. The summed E-state index contributed by atoms with van der Waals surface area (Å²) in [6.07, 6.45) is 1.31. The summed E-state index contributed by atoms with van der Waals surface area (Å²) in [5, 5.41) is 23.2. The van der Waals surface area contributed by atoms with Gasteiger partial charge in [0.05, 0.1) is 11.7 Å². The number of hydrogen-bond donors (Lipinski definition) is 3. The number of carboxylic acid groups (broad SMARTS) is 1. The van der Waals surface area contributed by atoms with Crippen LogP contribution in [-0.2, 0) is 6.42 Å². The molecule has 3 aromatic carbocycles. The van der Waals surface area contributed by atoms with Gasteiger partial charge in [-0.3, -0.25) is 0 Å². The minimum absolute atomic E-state index is 0. The zero-order valence-electron chi connectivity index (χ0n) is 16.4. The second-order valence-electron chi connectivity index (χ2n) is 6.96. The lowest BCUT2D eigenvalue weighted by Gasteiger charge is -2.12. The Kier molecular flexibility index (Phi) is 9.34. The minimum Gasteiger partial charge on any atom is -0.478 e. The Balaban J connectivity index is 0.00000320. The molecule has 6 heteroatoms. The molecule has 3 rings (SSSR count). The summed E-state index contributed by atoms with van der Waals surface area (Å²) in [5.74, 6) is -0.920. The third-order valence-electron chi connectivity index (χ3n) is 4.79. The summed E-state index contributed by atoms with van der Waals surface area (Å²) in [5.41, 5.74) is 4.22. The average molecular weight is 446 g/mol. The van der Waals surface area contributed by atoms with Gasteiger partial charge < -0.3 is 15.5 Å². The molecule has 0 amide bonds. The van der Waals surface area contributed by atoms with E-state index in [9.17, 15) is 9.90 Å². The number of benzene rings is 3. The Morgan fingerprint density at radius 1 is 0.967 bits per heavy atom. The van der Waals surface area contributed by atoms with Crippen LogP contribution in [0.15, 0.2) is 72.8 Å². The topological polar surface area (TPSA) is 69.6 Å². The first-order valence-electron chi connectivity index (χ1n) is 9.60. The largest absolute Gasteiger partial charge is 0.478 e. The van der Waals surface area contributed by atoms with Crippen molar-refractivity contribution in [3.05, 3.63) is 94.5 Å². The van der Waals surface area contributed by atoms with Crippen LogP contribution in [0, 0.1) is 0 Å². The molecule has 0 unspecified atom stereocenters. The van der Waals surface area contributed by atoms with E-state index in [1.165, 1.54) is 5.56 Å². The molecule has 0 spiro atoms. The molecule has 0 aromatic heterocycles. The van der Waals surface area contributed by atoms with Crippen LogP contribution < -0.4 is 5.32 Å². The van der Waals surface area contributed by atoms with Gasteiger partial charge in [0.15, 0.2) is 0 Å². The van der Waals surface area contributed by atoms with Crippen molar-refractivity contribution in [2.45, 2.75) is 18.9 Å². The van der Waals surface area contributed by atoms with Gasteiger partial charge in [-0.25, -0.2) is 4.79 Å². The molecule has 0 aliphatic carbocycles. The van der Waals surface area contributed by atoms with Gasteiger partial charge in [0.1, 0.15) is 0 Å². The highest BCUT2D eigenvalue weighted by atomic mass is 35.5. The number of carboxylic acids is 1. The Labute approximate surface area is 187 Å². The first-order chi connectivity index (χ1) is 14.0. The number of carbonyl (C=O) groups is 1. The standard InChI is InChI=1S/C24H24ClNO3.ClH/c25-22-8-2-6-20(15-22)23(27)16-26-13-3-4-17-9-11-18(12-10-17)19-5-1-7-21(14-19)24(28)29;/h1-2,5-12,14-15,23,26-27H,3-4,13,16H2,(H,28,29);1H/t23-;/m0./s1. The monoisotopic (exact) mass is 445 g/mol. The molecule has 0 fully saturated rings. The van der Waals surface area contributed by atoms with Gasteiger partial charge in [0.25, 0.3) is 0 Å². The van der Waals surface area contributed by atoms with E-state index >= 15 is 0 Å². The van der Waals surface area contributed by atoms with E-state index in [4.69, 9.17) is 16.7 Å². The van der Waals surface area contributed by atoms with Crippen LogP contribution in [0.4, 0.5) is 0 Å². The van der Waals surface area contributed by atoms with Crippen molar-refractivity contribution in [2.75, 3.05) is 13.1 Å². The van der Waals surface area contributed by atoms with Crippen LogP contribution in [0.3, 0.4) is 0 Å². The van der Waals surface area contributed by atoms with Gasteiger partial charge >= 0.3 is 5.97 Å². The van der Waals surface area contributed by atoms with Crippen LogP contribution in [-0.4, -0.2) is 29.3 Å². The third kappa shape index (κ3) is 6.85. The molecular weight excluding hydrogens is 421 g/mol. The van der Waals surface area contributed by atoms with Crippen molar-refractivity contribution in [3.8, 4) is 11.1 Å². The maximum Gasteiger partial charge on any atom is 0.335 e. The Bertz CT molecular complexity index is 961. The van der Waals surface area contributed by atoms with Gasteiger partial charge in [-0.15, -0.1) is 12.4 Å². The Morgan fingerprint density at radius 2 is 1.70 bits per heavy atom. The lowest BCUT2D eigenvalue weighted by molar-refractivity contribution is 0.0697. The summed E-state index contributed by atoms with van der Waals surface area (Å²) in [6, 6.07) is 22.4. The maximum atomic E-state index is 11.1. The van der Waals surface area contributed by atoms with Gasteiger partial charge in [0.2, 0.25) is 0 Å². The third-order valence-corrected chi connectivity index (χ3v) is 5.02. The summed E-state index contributed by atoms with van der Waals surface area (Å²) in [6.45, 7) is 1.29. The molecule has 1 atom stereocenters. The Morgan fingerprint density at radius 3 is 2.40 bits per heavy atom. The van der Waals surface area contributed by atoms with Crippen LogP contribution in [0.5, 0.6) is 0 Å². The summed E-state index contributed by atoms with van der Waals surface area (Å²) in [7, 11) is 0. The van der Waals surface area contributed by atoms with Crippen molar-refractivity contribution >= 4 is 30.0 Å².